The van der Waals surface area contributed by atoms with Crippen LogP contribution in [0.15, 0.2) is 18.2 Å². The maximum atomic E-state index is 12.9. The van der Waals surface area contributed by atoms with Crippen molar-refractivity contribution < 1.29 is 19.2 Å². The van der Waals surface area contributed by atoms with Crippen LogP contribution < -0.4 is 10.2 Å². The number of anilines is 1. The molecule has 7 nitrogen and oxygen atoms in total. The minimum atomic E-state index is -0.721. The molecular weight excluding hydrogens is 322 g/mol. The second-order valence-electron chi connectivity index (χ2n) is 6.19. The Balaban J connectivity index is 2.30. The number of benzene rings is 1. The van der Waals surface area contributed by atoms with Crippen LogP contribution in [0.5, 0.6) is 0 Å². The zero-order chi connectivity index (χ0) is 18.6. The largest absolute Gasteiger partial charge is 0.375 e. The first-order valence-electron chi connectivity index (χ1n) is 8.30. The van der Waals surface area contributed by atoms with Crippen molar-refractivity contribution in [3.63, 3.8) is 0 Å². The van der Waals surface area contributed by atoms with Crippen LogP contribution in [0.1, 0.15) is 46.9 Å². The van der Waals surface area contributed by atoms with Crippen molar-refractivity contribution in [1.82, 2.24) is 10.2 Å². The fourth-order valence-corrected chi connectivity index (χ4v) is 2.92. The average molecular weight is 345 g/mol. The summed E-state index contributed by atoms with van der Waals surface area (Å²) in [6.45, 7) is 2.87. The Morgan fingerprint density at radius 1 is 1.32 bits per heavy atom. The van der Waals surface area contributed by atoms with Gasteiger partial charge in [0.2, 0.25) is 11.8 Å². The number of nitrogens with zero attached hydrogens (tertiary/aromatic N) is 2. The van der Waals surface area contributed by atoms with Gasteiger partial charge in [-0.25, -0.2) is 0 Å². The number of carbonyl (C=O) groups is 4. The maximum absolute atomic E-state index is 12.9. The highest BCUT2D eigenvalue weighted by atomic mass is 16.2. The maximum Gasteiger partial charge on any atom is 0.255 e. The number of rotatable bonds is 6. The minimum Gasteiger partial charge on any atom is -0.375 e. The zero-order valence-electron chi connectivity index (χ0n) is 14.7. The third-order valence-electron chi connectivity index (χ3n) is 4.39. The number of imide groups is 1. The molecule has 25 heavy (non-hydrogen) atoms. The molecule has 134 valence electrons. The van der Waals surface area contributed by atoms with E-state index in [1.165, 1.54) is 11.9 Å². The van der Waals surface area contributed by atoms with Gasteiger partial charge in [-0.1, -0.05) is 6.92 Å². The van der Waals surface area contributed by atoms with Crippen LogP contribution in [-0.4, -0.2) is 55.6 Å². The lowest BCUT2D eigenvalue weighted by atomic mass is 10.0. The molecule has 1 aromatic rings. The first-order chi connectivity index (χ1) is 11.9. The van der Waals surface area contributed by atoms with Crippen LogP contribution in [0.3, 0.4) is 0 Å². The minimum absolute atomic E-state index is 0.188. The summed E-state index contributed by atoms with van der Waals surface area (Å²) in [6.07, 6.45) is 2.05. The van der Waals surface area contributed by atoms with Crippen LogP contribution in [0.2, 0.25) is 0 Å². The first-order valence-corrected chi connectivity index (χ1v) is 8.30. The van der Waals surface area contributed by atoms with Gasteiger partial charge in [-0.2, -0.15) is 0 Å². The molecule has 2 rings (SSSR count). The quantitative estimate of drug-likeness (QED) is 0.619. The summed E-state index contributed by atoms with van der Waals surface area (Å²) in [6, 6.07) is 4.36. The van der Waals surface area contributed by atoms with Crippen molar-refractivity contribution in [2.75, 3.05) is 25.5 Å². The number of amides is 3. The monoisotopic (exact) mass is 345 g/mol. The summed E-state index contributed by atoms with van der Waals surface area (Å²) >= 11 is 0. The van der Waals surface area contributed by atoms with E-state index in [2.05, 4.69) is 12.2 Å². The van der Waals surface area contributed by atoms with Crippen LogP contribution >= 0.6 is 0 Å². The molecule has 3 amide bonds. The lowest BCUT2D eigenvalue weighted by molar-refractivity contribution is -0.136. The summed E-state index contributed by atoms with van der Waals surface area (Å²) in [7, 11) is 3.43. The van der Waals surface area contributed by atoms with Crippen molar-refractivity contribution in [3.05, 3.63) is 29.3 Å². The van der Waals surface area contributed by atoms with E-state index >= 15 is 0 Å². The van der Waals surface area contributed by atoms with Gasteiger partial charge in [0.25, 0.3) is 5.91 Å². The normalized spacial score (nSPS) is 17.0. The van der Waals surface area contributed by atoms with Crippen LogP contribution in [0.4, 0.5) is 5.69 Å². The summed E-state index contributed by atoms with van der Waals surface area (Å²) in [5, 5.41) is 2.24. The Morgan fingerprint density at radius 3 is 2.64 bits per heavy atom. The lowest BCUT2D eigenvalue weighted by Crippen LogP contribution is -2.53. The summed E-state index contributed by atoms with van der Waals surface area (Å²) in [5.74, 6) is -1.23. The predicted molar refractivity (Wildman–Crippen MR) is 93.7 cm³/mol. The van der Waals surface area contributed by atoms with Crippen molar-refractivity contribution >= 4 is 29.7 Å². The van der Waals surface area contributed by atoms with Gasteiger partial charge >= 0.3 is 0 Å². The molecule has 1 fully saturated rings. The average Bonchev–Trinajstić information content (AvgIpc) is 2.60. The molecule has 1 N–H and O–H groups in total. The molecule has 0 aliphatic carbocycles. The molecule has 0 spiro atoms. The number of carbonyl (C=O) groups excluding carboxylic acids is 4. The second kappa shape index (κ2) is 7.92. The van der Waals surface area contributed by atoms with Gasteiger partial charge in [0, 0.05) is 38.3 Å². The van der Waals surface area contributed by atoms with Gasteiger partial charge in [-0.05, 0) is 31.0 Å². The Bertz CT molecular complexity index is 702. The summed E-state index contributed by atoms with van der Waals surface area (Å²) < 4.78 is 0. The molecule has 1 unspecified atom stereocenters. The van der Waals surface area contributed by atoms with E-state index in [-0.39, 0.29) is 29.9 Å². The lowest BCUT2D eigenvalue weighted by Gasteiger charge is -2.30. The molecule has 1 aliphatic rings. The third kappa shape index (κ3) is 4.04. The van der Waals surface area contributed by atoms with E-state index in [4.69, 9.17) is 0 Å². The van der Waals surface area contributed by atoms with Gasteiger partial charge in [0.1, 0.15) is 6.04 Å². The SMILES string of the molecule is CCCN(C)c1ccc(C=O)c(C(=O)N(C)C2CCC(=O)NC2=O)c1. The number of hydrogen-bond donors (Lipinski definition) is 1. The van der Waals surface area contributed by atoms with E-state index < -0.39 is 17.9 Å². The first kappa shape index (κ1) is 18.6. The molecule has 0 bridgehead atoms. The number of aldehydes is 1. The summed E-state index contributed by atoms with van der Waals surface area (Å²) in [4.78, 5) is 50.8. The topological polar surface area (TPSA) is 86.8 Å². The van der Waals surface area contributed by atoms with Crippen LogP contribution in [0.25, 0.3) is 0 Å². The fraction of sp³-hybridized carbons (Fsp3) is 0.444. The highest BCUT2D eigenvalue weighted by Crippen LogP contribution is 2.21. The Morgan fingerprint density at radius 2 is 2.04 bits per heavy atom. The van der Waals surface area contributed by atoms with Crippen molar-refractivity contribution in [1.29, 1.82) is 0 Å². The molecule has 1 saturated heterocycles. The molecule has 0 radical (unpaired) electrons. The van der Waals surface area contributed by atoms with E-state index in [1.54, 1.807) is 18.2 Å². The molecule has 1 aliphatic heterocycles. The van der Waals surface area contributed by atoms with E-state index in [0.29, 0.717) is 6.29 Å². The van der Waals surface area contributed by atoms with Crippen molar-refractivity contribution in [3.8, 4) is 0 Å². The highest BCUT2D eigenvalue weighted by Gasteiger charge is 2.33. The molecule has 1 aromatic carbocycles. The molecule has 0 saturated carbocycles. The fourth-order valence-electron chi connectivity index (χ4n) is 2.92. The van der Waals surface area contributed by atoms with E-state index in [0.717, 1.165) is 18.7 Å². The van der Waals surface area contributed by atoms with Gasteiger partial charge in [0.05, 0.1) is 5.56 Å². The standard InChI is InChI=1S/C18H23N3O4/c1-4-9-20(2)13-6-5-12(11-22)14(10-13)18(25)21(3)15-7-8-16(23)19-17(15)24/h5-6,10-11,15H,4,7-9H2,1-3H3,(H,19,23,24). The highest BCUT2D eigenvalue weighted by molar-refractivity contribution is 6.06. The van der Waals surface area contributed by atoms with Gasteiger partial charge in [-0.15, -0.1) is 0 Å². The van der Waals surface area contributed by atoms with Gasteiger partial charge in [-0.3, -0.25) is 24.5 Å². The molecule has 0 aromatic heterocycles. The molecule has 7 heteroatoms. The van der Waals surface area contributed by atoms with Crippen LogP contribution in [-0.2, 0) is 9.59 Å². The molecule has 1 heterocycles. The Hall–Kier alpha value is -2.70. The molecule has 1 atom stereocenters. The number of hydrogen-bond acceptors (Lipinski definition) is 5. The third-order valence-corrected chi connectivity index (χ3v) is 4.39. The molecular formula is C18H23N3O4. The second-order valence-corrected chi connectivity index (χ2v) is 6.19. The van der Waals surface area contributed by atoms with E-state index in [1.807, 2.05) is 11.9 Å². The van der Waals surface area contributed by atoms with Gasteiger partial charge < -0.3 is 9.80 Å². The van der Waals surface area contributed by atoms with Crippen LogP contribution in [0, 0.1) is 0 Å². The van der Waals surface area contributed by atoms with Gasteiger partial charge in [0.15, 0.2) is 6.29 Å². The number of piperidine rings is 1. The predicted octanol–water partition coefficient (Wildman–Crippen LogP) is 1.22. The Labute approximate surface area is 147 Å². The number of likely N-dealkylation sites (N-methyl/N-ethyl adjacent to an activating group) is 1. The summed E-state index contributed by atoms with van der Waals surface area (Å²) in [5.41, 5.74) is 1.35. The smallest absolute Gasteiger partial charge is 0.255 e. The number of nitrogens with one attached hydrogen (secondary N) is 1. The zero-order valence-corrected chi connectivity index (χ0v) is 14.7. The van der Waals surface area contributed by atoms with Crippen molar-refractivity contribution in [2.24, 2.45) is 0 Å². The Kier molecular flexibility index (Phi) is 5.90. The van der Waals surface area contributed by atoms with E-state index in [9.17, 15) is 19.2 Å². The van der Waals surface area contributed by atoms with Crippen molar-refractivity contribution in [2.45, 2.75) is 32.2 Å².